The van der Waals surface area contributed by atoms with E-state index in [4.69, 9.17) is 59.0 Å². The first-order valence-electron chi connectivity index (χ1n) is 32.5. The van der Waals surface area contributed by atoms with Gasteiger partial charge in [-0.05, 0) is 93.8 Å². The average molecular weight is 1380 g/mol. The number of halogens is 2. The molecular weight excluding hydrogens is 1280 g/mol. The lowest BCUT2D eigenvalue weighted by atomic mass is 9.88. The van der Waals surface area contributed by atoms with Crippen LogP contribution in [0.5, 0.6) is 0 Å². The third-order valence-electron chi connectivity index (χ3n) is 14.5. The number of nitrogens with one attached hydrogen (secondary N) is 5. The molecule has 0 aliphatic carbocycles. The van der Waals surface area contributed by atoms with Crippen LogP contribution in [-0.2, 0) is 28.7 Å². The molecule has 20 nitrogen and oxygen atoms in total. The van der Waals surface area contributed by atoms with Gasteiger partial charge in [0.1, 0.15) is 17.2 Å². The summed E-state index contributed by atoms with van der Waals surface area (Å²) in [6.07, 6.45) is 20.8. The highest BCUT2D eigenvalue weighted by Crippen LogP contribution is 2.35. The third-order valence-corrected chi connectivity index (χ3v) is 15.0. The van der Waals surface area contributed by atoms with Gasteiger partial charge < -0.3 is 56.7 Å². The zero-order chi connectivity index (χ0) is 75.7. The van der Waals surface area contributed by atoms with Crippen LogP contribution in [0.25, 0.3) is 0 Å². The Kier molecular flexibility index (Phi) is 38.3. The summed E-state index contributed by atoms with van der Waals surface area (Å²) >= 11 is 5.23. The fourth-order valence-electron chi connectivity index (χ4n) is 8.47. The van der Waals surface area contributed by atoms with Gasteiger partial charge in [0.25, 0.3) is 0 Å². The van der Waals surface area contributed by atoms with Gasteiger partial charge >= 0.3 is 30.2 Å². The van der Waals surface area contributed by atoms with Gasteiger partial charge in [-0.2, -0.15) is 0 Å². The van der Waals surface area contributed by atoms with E-state index < -0.39 is 54.0 Å². The summed E-state index contributed by atoms with van der Waals surface area (Å²) in [5.41, 5.74) is 8.05. The average Bonchev–Trinajstić information content (AvgIpc) is 1.62. The SMILES string of the molecule is C#CCN1C[C@@H](c2ccccc2)N(C(=O)C(C)(C)CC)C1=O.C#CCN1C[C@@H](c2ccccc2)NC1=O.C#CCNC(=O)[C@H](NC(=O)OC(C)(C)C)c1ccccc1.C#CCNC[C@H](N)c1ccccc1.CC(C)(C)OC(=O)N[C@@H](C(=O)O)c1ccccc1.CCC(C)(C)C(=O)Cl.[2H]CF. The molecule has 8 N–H and O–H groups in total. The summed E-state index contributed by atoms with van der Waals surface area (Å²) in [4.78, 5) is 98.7. The lowest BCUT2D eigenvalue weighted by Gasteiger charge is -2.30. The second-order valence-corrected chi connectivity index (χ2v) is 25.7. The number of alkyl halides is 1. The van der Waals surface area contributed by atoms with Gasteiger partial charge in [-0.1, -0.05) is 217 Å². The molecule has 5 aromatic carbocycles. The molecule has 2 fully saturated rings. The molecule has 0 bridgehead atoms. The molecule has 2 heterocycles. The minimum Gasteiger partial charge on any atom is -0.479 e. The fourth-order valence-corrected chi connectivity index (χ4v) is 8.60. The largest absolute Gasteiger partial charge is 0.479 e. The standard InChI is InChI=1S/C18H22N2O2.C16H20N2O3.C13H17NO4.C12H12N2O.C11H14N2.C6H11ClO.CH3F/c1-5-12-19-13-15(14-10-8-7-9-11-14)20(17(19)22)16(21)18(3,4)6-2;1-5-11-17-14(19)13(12-9-7-6-8-10-12)18-15(20)21-16(2,3)4;1-13(2,3)18-12(17)14-10(11(15)16)9-7-5-4-6-8-9;1-2-8-14-9-11(13-12(14)15)10-6-4-3-5-7-10;1-2-8-13-9-11(12)10-6-4-3-5-7-10;1-4-6(2,3)5(7)8;1-2/h1,7-11,15H,6,12-13H2,2-4H3;1,6-10,13H,11H2,2-4H3,(H,17,19)(H,18,20);4-8,10H,1-3H3,(H,14,17)(H,15,16);1,3-7,11H,8-9H2,(H,13,15);1,3-7,11,13H,8-9,12H2;4H2,1-3H3;1H3/t15-;13-;10-;2*11-;;/m01100../s1/i;;;;;;1D. The van der Waals surface area contributed by atoms with E-state index >= 15 is 0 Å². The third kappa shape index (κ3) is 32.6. The van der Waals surface area contributed by atoms with Crippen molar-refractivity contribution in [2.24, 2.45) is 16.6 Å². The first-order valence-corrected chi connectivity index (χ1v) is 32.2. The number of ether oxygens (including phenoxy) is 2. The summed E-state index contributed by atoms with van der Waals surface area (Å²) in [5.74, 6) is 8.14. The van der Waals surface area contributed by atoms with Crippen LogP contribution in [-0.4, -0.2) is 131 Å². The maximum absolute atomic E-state index is 12.9. The molecule has 2 aliphatic heterocycles. The summed E-state index contributed by atoms with van der Waals surface area (Å²) < 4.78 is 25.7. The number of alkyl carbamates (subject to hydrolysis) is 2. The number of urea groups is 2. The van der Waals surface area contributed by atoms with Gasteiger partial charge in [0.2, 0.25) is 17.1 Å². The molecule has 5 atom stereocenters. The Morgan fingerprint density at radius 1 is 0.626 bits per heavy atom. The van der Waals surface area contributed by atoms with Crippen molar-refractivity contribution in [1.82, 2.24) is 41.3 Å². The monoisotopic (exact) mass is 1380 g/mol. The van der Waals surface area contributed by atoms with Gasteiger partial charge in [-0.3, -0.25) is 23.7 Å². The minimum absolute atomic E-state index is 0.0227. The van der Waals surface area contributed by atoms with E-state index in [-0.39, 0.29) is 65.7 Å². The Labute approximate surface area is 591 Å². The zero-order valence-electron chi connectivity index (χ0n) is 59.9. The molecule has 22 heteroatoms. The van der Waals surface area contributed by atoms with Crippen molar-refractivity contribution in [1.29, 1.82) is 0 Å². The molecule has 2 saturated heterocycles. The number of imide groups is 1. The predicted molar refractivity (Wildman–Crippen MR) is 388 cm³/mol. The van der Waals surface area contributed by atoms with Crippen LogP contribution in [0.3, 0.4) is 0 Å². The number of aliphatic carboxylic acids is 1. The van der Waals surface area contributed by atoms with Gasteiger partial charge in [0, 0.05) is 36.5 Å². The highest BCUT2D eigenvalue weighted by Gasteiger charge is 2.46. The highest BCUT2D eigenvalue weighted by molar-refractivity contribution is 6.64. The van der Waals surface area contributed by atoms with Gasteiger partial charge in [0.15, 0.2) is 6.04 Å². The summed E-state index contributed by atoms with van der Waals surface area (Å²) in [6.45, 7) is 24.8. The van der Waals surface area contributed by atoms with E-state index in [0.29, 0.717) is 50.3 Å². The number of nitrogens with two attached hydrogens (primary N) is 1. The summed E-state index contributed by atoms with van der Waals surface area (Å²) in [6, 6.07) is 44.3. The van der Waals surface area contributed by atoms with E-state index in [2.05, 4.69) is 50.3 Å². The number of terminal acetylenes is 4. The fraction of sp³-hybridized carbons (Fsp3) is 0.403. The number of hydrogen-bond acceptors (Lipinski definition) is 12. The molecule has 7 rings (SSSR count). The molecule has 0 saturated carbocycles. The van der Waals surface area contributed by atoms with Crippen LogP contribution >= 0.6 is 11.6 Å². The van der Waals surface area contributed by atoms with Crippen molar-refractivity contribution >= 4 is 58.9 Å². The van der Waals surface area contributed by atoms with Crippen molar-refractivity contribution < 1.29 is 58.7 Å². The second-order valence-electron chi connectivity index (χ2n) is 25.3. The molecule has 8 amide bonds. The number of rotatable bonds is 19. The Morgan fingerprint density at radius 3 is 1.42 bits per heavy atom. The van der Waals surface area contributed by atoms with Crippen LogP contribution in [0, 0.1) is 60.2 Å². The molecule has 0 aromatic heterocycles. The van der Waals surface area contributed by atoms with Crippen LogP contribution in [0.2, 0.25) is 0 Å². The Hall–Kier alpha value is -10.2. The van der Waals surface area contributed by atoms with Crippen LogP contribution in [0.1, 0.15) is 155 Å². The number of carboxylic acid groups (broad SMARTS) is 1. The molecule has 0 spiro atoms. The highest BCUT2D eigenvalue weighted by atomic mass is 35.5. The maximum atomic E-state index is 12.9. The van der Waals surface area contributed by atoms with Crippen molar-refractivity contribution in [2.45, 2.75) is 137 Å². The Bertz CT molecular complexity index is 3500. The van der Waals surface area contributed by atoms with Crippen molar-refractivity contribution in [3.8, 4) is 49.4 Å². The maximum Gasteiger partial charge on any atom is 0.408 e. The smallest absolute Gasteiger partial charge is 0.408 e. The molecule has 5 aromatic rings. The van der Waals surface area contributed by atoms with Gasteiger partial charge in [0.05, 0.1) is 46.8 Å². The number of carboxylic acids is 1. The van der Waals surface area contributed by atoms with Gasteiger partial charge in [-0.15, -0.1) is 25.7 Å². The van der Waals surface area contributed by atoms with Crippen LogP contribution < -0.4 is 32.3 Å². The summed E-state index contributed by atoms with van der Waals surface area (Å²) in [5, 5.41) is 22.3. The Morgan fingerprint density at radius 2 is 1.03 bits per heavy atom. The topological polar surface area (TPSA) is 271 Å². The first-order chi connectivity index (χ1) is 47.1. The number of carbonyl (C=O) groups is 8. The van der Waals surface area contributed by atoms with E-state index in [1.807, 2.05) is 139 Å². The Balaban J connectivity index is 0.000000607. The number of nitrogens with zero attached hydrogens (tertiary/aromatic N) is 3. The molecule has 99 heavy (non-hydrogen) atoms. The number of benzene rings is 5. The van der Waals surface area contributed by atoms with E-state index in [9.17, 15) is 42.7 Å². The quantitative estimate of drug-likeness (QED) is 0.0231. The molecule has 0 unspecified atom stereocenters. The lowest BCUT2D eigenvalue weighted by Crippen LogP contribution is -2.44. The number of hydrogen-bond donors (Lipinski definition) is 7. The number of carbonyl (C=O) groups excluding carboxylic acids is 7. The van der Waals surface area contributed by atoms with E-state index in [0.717, 1.165) is 23.1 Å². The molecule has 532 valence electrons. The lowest BCUT2D eigenvalue weighted by molar-refractivity contribution is -0.140. The van der Waals surface area contributed by atoms with Crippen LogP contribution in [0.4, 0.5) is 23.6 Å². The van der Waals surface area contributed by atoms with Crippen molar-refractivity contribution in [3.05, 3.63) is 179 Å². The molecule has 2 aliphatic rings. The minimum atomic E-state index is -1.13. The van der Waals surface area contributed by atoms with Crippen LogP contribution in [0.15, 0.2) is 152 Å². The van der Waals surface area contributed by atoms with Crippen molar-refractivity contribution in [3.63, 3.8) is 0 Å². The molecular formula is C77H99ClFN9O11. The normalized spacial score (nSPS) is 14.6. The summed E-state index contributed by atoms with van der Waals surface area (Å²) in [7, 11) is -1.00. The second kappa shape index (κ2) is 44.6. The first kappa shape index (κ1) is 84.9. The number of amides is 8. The zero-order valence-corrected chi connectivity index (χ0v) is 59.7. The molecule has 0 radical (unpaired) electrons. The van der Waals surface area contributed by atoms with E-state index in [1.165, 1.54) is 4.90 Å². The van der Waals surface area contributed by atoms with Crippen molar-refractivity contribution in [2.75, 3.05) is 53.0 Å². The van der Waals surface area contributed by atoms with Gasteiger partial charge in [-0.25, -0.2) is 24.0 Å². The predicted octanol–water partition coefficient (Wildman–Crippen LogP) is 12.5. The van der Waals surface area contributed by atoms with E-state index in [1.54, 1.807) is 106 Å².